The van der Waals surface area contributed by atoms with Crippen molar-refractivity contribution in [2.45, 2.75) is 38.0 Å². The maximum absolute atomic E-state index is 5.95. The number of nitrogens with two attached hydrogens (primary N) is 1. The lowest BCUT2D eigenvalue weighted by molar-refractivity contribution is 0.0356. The van der Waals surface area contributed by atoms with Gasteiger partial charge in [-0.15, -0.1) is 0 Å². The molecule has 0 heterocycles. The third-order valence-corrected chi connectivity index (χ3v) is 3.10. The summed E-state index contributed by atoms with van der Waals surface area (Å²) >= 11 is 0. The molecule has 1 aromatic rings. The van der Waals surface area contributed by atoms with Gasteiger partial charge >= 0.3 is 0 Å². The smallest absolute Gasteiger partial charge is 0.119 e. The van der Waals surface area contributed by atoms with E-state index in [2.05, 4.69) is 0 Å². The molecule has 0 bridgehead atoms. The molecule has 1 saturated carbocycles. The van der Waals surface area contributed by atoms with Crippen LogP contribution in [-0.2, 0) is 11.3 Å². The topological polar surface area (TPSA) is 44.5 Å². The maximum atomic E-state index is 5.95. The Kier molecular flexibility index (Phi) is 3.80. The minimum absolute atomic E-state index is 0.214. The van der Waals surface area contributed by atoms with E-state index in [0.717, 1.165) is 24.2 Å². The maximum Gasteiger partial charge on any atom is 0.119 e. The highest BCUT2D eigenvalue weighted by molar-refractivity contribution is 5.27. The van der Waals surface area contributed by atoms with Gasteiger partial charge in [-0.05, 0) is 37.0 Å². The van der Waals surface area contributed by atoms with Crippen molar-refractivity contribution < 1.29 is 9.47 Å². The van der Waals surface area contributed by atoms with E-state index in [1.807, 2.05) is 24.3 Å². The summed E-state index contributed by atoms with van der Waals surface area (Å²) in [5, 5.41) is 0. The molecule has 0 spiro atoms. The average Bonchev–Trinajstić information content (AvgIpc) is 2.72. The van der Waals surface area contributed by atoms with Gasteiger partial charge in [-0.2, -0.15) is 0 Å². The van der Waals surface area contributed by atoms with E-state index in [1.54, 1.807) is 7.11 Å². The summed E-state index contributed by atoms with van der Waals surface area (Å²) in [6, 6.07) is 8.17. The van der Waals surface area contributed by atoms with E-state index >= 15 is 0 Å². The van der Waals surface area contributed by atoms with Crippen LogP contribution in [0.1, 0.15) is 24.8 Å². The molecule has 0 radical (unpaired) electrons. The molecule has 1 fully saturated rings. The van der Waals surface area contributed by atoms with E-state index in [9.17, 15) is 0 Å². The zero-order valence-electron chi connectivity index (χ0n) is 9.69. The van der Waals surface area contributed by atoms with E-state index in [1.165, 1.54) is 6.42 Å². The first-order valence-corrected chi connectivity index (χ1v) is 5.79. The third kappa shape index (κ3) is 2.74. The molecule has 1 aliphatic rings. The highest BCUT2D eigenvalue weighted by Crippen LogP contribution is 2.22. The van der Waals surface area contributed by atoms with Gasteiger partial charge in [0.2, 0.25) is 0 Å². The first-order chi connectivity index (χ1) is 7.79. The van der Waals surface area contributed by atoms with Gasteiger partial charge in [0.05, 0.1) is 19.8 Å². The molecule has 0 amide bonds. The highest BCUT2D eigenvalue weighted by atomic mass is 16.5. The molecule has 2 atom stereocenters. The number of methoxy groups -OCH3 is 1. The number of rotatable bonds is 4. The first-order valence-electron chi connectivity index (χ1n) is 5.79. The molecule has 1 aliphatic carbocycles. The van der Waals surface area contributed by atoms with Crippen LogP contribution in [0.15, 0.2) is 24.3 Å². The van der Waals surface area contributed by atoms with Crippen LogP contribution in [0.3, 0.4) is 0 Å². The molecule has 2 N–H and O–H groups in total. The van der Waals surface area contributed by atoms with Crippen molar-refractivity contribution >= 4 is 0 Å². The van der Waals surface area contributed by atoms with Gasteiger partial charge in [-0.1, -0.05) is 12.1 Å². The van der Waals surface area contributed by atoms with Crippen LogP contribution in [0.5, 0.6) is 5.75 Å². The van der Waals surface area contributed by atoms with E-state index < -0.39 is 0 Å². The van der Waals surface area contributed by atoms with Crippen molar-refractivity contribution in [3.63, 3.8) is 0 Å². The Hall–Kier alpha value is -1.06. The summed E-state index contributed by atoms with van der Waals surface area (Å²) in [5.74, 6) is 0.872. The van der Waals surface area contributed by atoms with Crippen LogP contribution in [-0.4, -0.2) is 19.3 Å². The Labute approximate surface area is 96.5 Å². The molecule has 3 nitrogen and oxygen atoms in total. The average molecular weight is 221 g/mol. The Morgan fingerprint density at radius 1 is 1.38 bits per heavy atom. The fourth-order valence-electron chi connectivity index (χ4n) is 2.13. The number of hydrogen-bond acceptors (Lipinski definition) is 3. The Morgan fingerprint density at radius 3 is 2.94 bits per heavy atom. The highest BCUT2D eigenvalue weighted by Gasteiger charge is 2.24. The minimum Gasteiger partial charge on any atom is -0.497 e. The van der Waals surface area contributed by atoms with Gasteiger partial charge < -0.3 is 15.2 Å². The van der Waals surface area contributed by atoms with Crippen molar-refractivity contribution in [3.05, 3.63) is 29.8 Å². The minimum atomic E-state index is 0.214. The van der Waals surface area contributed by atoms with Crippen molar-refractivity contribution in [3.8, 4) is 5.75 Å². The molecule has 2 unspecified atom stereocenters. The molecule has 0 aliphatic heterocycles. The fourth-order valence-corrected chi connectivity index (χ4v) is 2.13. The predicted molar refractivity (Wildman–Crippen MR) is 63.4 cm³/mol. The SMILES string of the molecule is COc1cccc(COC2CCCC2N)c1. The molecule has 16 heavy (non-hydrogen) atoms. The molecule has 88 valence electrons. The lowest BCUT2D eigenvalue weighted by Gasteiger charge is -2.16. The molecule has 1 aromatic carbocycles. The Bertz CT molecular complexity index is 340. The van der Waals surface area contributed by atoms with Crippen molar-refractivity contribution in [2.75, 3.05) is 7.11 Å². The summed E-state index contributed by atoms with van der Waals surface area (Å²) < 4.78 is 11.0. The summed E-state index contributed by atoms with van der Waals surface area (Å²) in [7, 11) is 1.67. The van der Waals surface area contributed by atoms with Crippen LogP contribution in [0, 0.1) is 0 Å². The molecule has 0 aromatic heterocycles. The van der Waals surface area contributed by atoms with Crippen LogP contribution >= 0.6 is 0 Å². The molecule has 3 heteroatoms. The van der Waals surface area contributed by atoms with E-state index in [4.69, 9.17) is 15.2 Å². The summed E-state index contributed by atoms with van der Waals surface area (Å²) in [6.07, 6.45) is 3.59. The van der Waals surface area contributed by atoms with Gasteiger partial charge in [-0.25, -0.2) is 0 Å². The van der Waals surface area contributed by atoms with Crippen molar-refractivity contribution in [2.24, 2.45) is 5.73 Å². The van der Waals surface area contributed by atoms with Crippen LogP contribution in [0.25, 0.3) is 0 Å². The largest absolute Gasteiger partial charge is 0.497 e. The van der Waals surface area contributed by atoms with Crippen molar-refractivity contribution in [1.29, 1.82) is 0 Å². The first kappa shape index (κ1) is 11.4. The monoisotopic (exact) mass is 221 g/mol. The second-order valence-corrected chi connectivity index (χ2v) is 4.30. The quantitative estimate of drug-likeness (QED) is 0.846. The van der Waals surface area contributed by atoms with Gasteiger partial charge in [0, 0.05) is 6.04 Å². The van der Waals surface area contributed by atoms with Gasteiger partial charge in [0.25, 0.3) is 0 Å². The van der Waals surface area contributed by atoms with E-state index in [0.29, 0.717) is 6.61 Å². The normalized spacial score (nSPS) is 24.6. The fraction of sp³-hybridized carbons (Fsp3) is 0.538. The second kappa shape index (κ2) is 5.32. The number of ether oxygens (including phenoxy) is 2. The summed E-state index contributed by atoms with van der Waals surface area (Å²) in [4.78, 5) is 0. The zero-order valence-corrected chi connectivity index (χ0v) is 9.69. The van der Waals surface area contributed by atoms with Gasteiger partial charge in [0.1, 0.15) is 5.75 Å². The van der Waals surface area contributed by atoms with Gasteiger partial charge in [0.15, 0.2) is 0 Å². The number of benzene rings is 1. The Balaban J connectivity index is 1.88. The Morgan fingerprint density at radius 2 is 2.25 bits per heavy atom. The molecular formula is C13H19NO2. The van der Waals surface area contributed by atoms with Crippen molar-refractivity contribution in [1.82, 2.24) is 0 Å². The van der Waals surface area contributed by atoms with Gasteiger partial charge in [-0.3, -0.25) is 0 Å². The van der Waals surface area contributed by atoms with Crippen LogP contribution in [0.2, 0.25) is 0 Å². The van der Waals surface area contributed by atoms with E-state index in [-0.39, 0.29) is 12.1 Å². The lowest BCUT2D eigenvalue weighted by Crippen LogP contribution is -2.31. The zero-order chi connectivity index (χ0) is 11.4. The summed E-state index contributed by atoms with van der Waals surface area (Å²) in [5.41, 5.74) is 7.09. The number of hydrogen-bond donors (Lipinski definition) is 1. The lowest BCUT2D eigenvalue weighted by atomic mass is 10.2. The standard InChI is InChI=1S/C13H19NO2/c1-15-11-5-2-4-10(8-11)9-16-13-7-3-6-12(13)14/h2,4-5,8,12-13H,3,6-7,9,14H2,1H3. The van der Waals surface area contributed by atoms with Crippen LogP contribution in [0.4, 0.5) is 0 Å². The molecule has 2 rings (SSSR count). The van der Waals surface area contributed by atoms with Crippen LogP contribution < -0.4 is 10.5 Å². The molecular weight excluding hydrogens is 202 g/mol. The second-order valence-electron chi connectivity index (χ2n) is 4.30. The predicted octanol–water partition coefficient (Wildman–Crippen LogP) is 2.09. The summed E-state index contributed by atoms with van der Waals surface area (Å²) in [6.45, 7) is 0.621. The molecule has 0 saturated heterocycles. The third-order valence-electron chi connectivity index (χ3n) is 3.10.